The number of amides is 1. The van der Waals surface area contributed by atoms with Crippen LogP contribution in [0.1, 0.15) is 11.7 Å². The standard InChI is InChI=1S/C14H20N2O3.ClH/c1-18-13(11-5-3-2-4-6-11)14(17)16-7-8-19-12(9-15)10-16;/h2-6,12-13H,7-10,15H2,1H3;1H. The molecule has 112 valence electrons. The predicted octanol–water partition coefficient (Wildman–Crippen LogP) is 0.982. The maximum Gasteiger partial charge on any atom is 0.256 e. The molecular formula is C14H21ClN2O3. The highest BCUT2D eigenvalue weighted by Gasteiger charge is 2.29. The van der Waals surface area contributed by atoms with Crippen LogP contribution in [-0.4, -0.2) is 50.3 Å². The Kier molecular flexibility index (Phi) is 6.95. The molecule has 1 aromatic rings. The number of hydrogen-bond acceptors (Lipinski definition) is 4. The van der Waals surface area contributed by atoms with Crippen molar-refractivity contribution < 1.29 is 14.3 Å². The number of ether oxygens (including phenoxy) is 2. The van der Waals surface area contributed by atoms with Crippen molar-refractivity contribution in [2.75, 3.05) is 33.4 Å². The number of carbonyl (C=O) groups excluding carboxylic acids is 1. The van der Waals surface area contributed by atoms with E-state index >= 15 is 0 Å². The number of hydrogen-bond donors (Lipinski definition) is 1. The molecule has 0 radical (unpaired) electrons. The van der Waals surface area contributed by atoms with Crippen LogP contribution in [0.4, 0.5) is 0 Å². The molecule has 0 aliphatic carbocycles. The molecule has 1 saturated heterocycles. The molecule has 5 nitrogen and oxygen atoms in total. The van der Waals surface area contributed by atoms with Crippen molar-refractivity contribution in [1.29, 1.82) is 0 Å². The van der Waals surface area contributed by atoms with Gasteiger partial charge in [-0.05, 0) is 5.56 Å². The fourth-order valence-corrected chi connectivity index (χ4v) is 2.24. The van der Waals surface area contributed by atoms with Crippen LogP contribution < -0.4 is 5.73 Å². The second-order valence-electron chi connectivity index (χ2n) is 4.54. The third kappa shape index (κ3) is 3.93. The van der Waals surface area contributed by atoms with Gasteiger partial charge in [0.25, 0.3) is 5.91 Å². The minimum atomic E-state index is -0.558. The second kappa shape index (κ2) is 8.21. The largest absolute Gasteiger partial charge is 0.373 e. The lowest BCUT2D eigenvalue weighted by Gasteiger charge is -2.34. The third-order valence-corrected chi connectivity index (χ3v) is 3.28. The van der Waals surface area contributed by atoms with Crippen molar-refractivity contribution >= 4 is 18.3 Å². The van der Waals surface area contributed by atoms with Crippen molar-refractivity contribution in [2.45, 2.75) is 12.2 Å². The second-order valence-corrected chi connectivity index (χ2v) is 4.54. The predicted molar refractivity (Wildman–Crippen MR) is 78.8 cm³/mol. The number of rotatable bonds is 4. The maximum atomic E-state index is 12.5. The van der Waals surface area contributed by atoms with Gasteiger partial charge in [-0.15, -0.1) is 12.4 Å². The van der Waals surface area contributed by atoms with Crippen molar-refractivity contribution in [3.05, 3.63) is 35.9 Å². The van der Waals surface area contributed by atoms with Crippen LogP contribution in [0.3, 0.4) is 0 Å². The highest BCUT2D eigenvalue weighted by molar-refractivity contribution is 5.85. The lowest BCUT2D eigenvalue weighted by atomic mass is 10.1. The van der Waals surface area contributed by atoms with Crippen LogP contribution in [-0.2, 0) is 14.3 Å². The molecule has 1 aromatic carbocycles. The van der Waals surface area contributed by atoms with Gasteiger partial charge in [0.1, 0.15) is 0 Å². The van der Waals surface area contributed by atoms with Gasteiger partial charge in [-0.3, -0.25) is 4.79 Å². The molecule has 1 aliphatic heterocycles. The molecule has 0 bridgehead atoms. The molecule has 0 spiro atoms. The maximum absolute atomic E-state index is 12.5. The molecule has 2 N–H and O–H groups in total. The highest BCUT2D eigenvalue weighted by atomic mass is 35.5. The van der Waals surface area contributed by atoms with Gasteiger partial charge in [-0.1, -0.05) is 30.3 Å². The summed E-state index contributed by atoms with van der Waals surface area (Å²) in [5.41, 5.74) is 6.46. The number of halogens is 1. The Hall–Kier alpha value is -1.14. The molecule has 2 unspecified atom stereocenters. The Morgan fingerprint density at radius 1 is 1.50 bits per heavy atom. The Morgan fingerprint density at radius 2 is 2.20 bits per heavy atom. The first kappa shape index (κ1) is 16.9. The van der Waals surface area contributed by atoms with Gasteiger partial charge in [-0.2, -0.15) is 0 Å². The summed E-state index contributed by atoms with van der Waals surface area (Å²) in [5.74, 6) is -0.0320. The van der Waals surface area contributed by atoms with E-state index in [0.29, 0.717) is 26.2 Å². The minimum Gasteiger partial charge on any atom is -0.373 e. The number of morpholine rings is 1. The number of methoxy groups -OCH3 is 1. The number of carbonyl (C=O) groups is 1. The molecule has 1 fully saturated rings. The van der Waals surface area contributed by atoms with Crippen LogP contribution in [0.5, 0.6) is 0 Å². The van der Waals surface area contributed by atoms with E-state index in [9.17, 15) is 4.79 Å². The summed E-state index contributed by atoms with van der Waals surface area (Å²) in [6, 6.07) is 9.51. The Bertz CT molecular complexity index is 416. The van der Waals surface area contributed by atoms with Gasteiger partial charge in [0, 0.05) is 26.7 Å². The van der Waals surface area contributed by atoms with E-state index < -0.39 is 6.10 Å². The van der Waals surface area contributed by atoms with Crippen LogP contribution in [0.2, 0.25) is 0 Å². The smallest absolute Gasteiger partial charge is 0.256 e. The van der Waals surface area contributed by atoms with Gasteiger partial charge in [0.2, 0.25) is 0 Å². The summed E-state index contributed by atoms with van der Waals surface area (Å²) in [5, 5.41) is 0. The third-order valence-electron chi connectivity index (χ3n) is 3.28. The zero-order valence-electron chi connectivity index (χ0n) is 11.5. The van der Waals surface area contributed by atoms with Gasteiger partial charge in [0.05, 0.1) is 12.7 Å². The van der Waals surface area contributed by atoms with E-state index in [1.807, 2.05) is 30.3 Å². The van der Waals surface area contributed by atoms with Gasteiger partial charge in [0.15, 0.2) is 6.10 Å². The van der Waals surface area contributed by atoms with E-state index in [1.54, 1.807) is 12.0 Å². The normalized spacial score (nSPS) is 20.1. The lowest BCUT2D eigenvalue weighted by Crippen LogP contribution is -2.49. The quantitative estimate of drug-likeness (QED) is 0.900. The van der Waals surface area contributed by atoms with Gasteiger partial charge in [-0.25, -0.2) is 0 Å². The lowest BCUT2D eigenvalue weighted by molar-refractivity contribution is -0.149. The van der Waals surface area contributed by atoms with Crippen LogP contribution in [0.15, 0.2) is 30.3 Å². The molecule has 1 heterocycles. The molecule has 20 heavy (non-hydrogen) atoms. The van der Waals surface area contributed by atoms with E-state index in [4.69, 9.17) is 15.2 Å². The van der Waals surface area contributed by atoms with Crippen LogP contribution >= 0.6 is 12.4 Å². The minimum absolute atomic E-state index is 0. The van der Waals surface area contributed by atoms with Gasteiger partial charge < -0.3 is 20.1 Å². The number of benzene rings is 1. The summed E-state index contributed by atoms with van der Waals surface area (Å²) in [7, 11) is 1.55. The summed E-state index contributed by atoms with van der Waals surface area (Å²) >= 11 is 0. The van der Waals surface area contributed by atoms with Crippen molar-refractivity contribution in [1.82, 2.24) is 4.90 Å². The summed E-state index contributed by atoms with van der Waals surface area (Å²) in [6.07, 6.45) is -0.635. The molecule has 2 rings (SSSR count). The Morgan fingerprint density at radius 3 is 2.80 bits per heavy atom. The number of nitrogens with zero attached hydrogens (tertiary/aromatic N) is 1. The summed E-state index contributed by atoms with van der Waals surface area (Å²) in [4.78, 5) is 14.3. The van der Waals surface area contributed by atoms with Crippen molar-refractivity contribution in [3.63, 3.8) is 0 Å². The summed E-state index contributed by atoms with van der Waals surface area (Å²) < 4.78 is 10.8. The highest BCUT2D eigenvalue weighted by Crippen LogP contribution is 2.20. The topological polar surface area (TPSA) is 64.8 Å². The first-order valence-electron chi connectivity index (χ1n) is 6.44. The molecule has 2 atom stereocenters. The molecule has 0 aromatic heterocycles. The zero-order valence-corrected chi connectivity index (χ0v) is 12.3. The van der Waals surface area contributed by atoms with Crippen molar-refractivity contribution in [2.24, 2.45) is 5.73 Å². The average Bonchev–Trinajstić information content (AvgIpc) is 2.49. The fourth-order valence-electron chi connectivity index (χ4n) is 2.24. The Balaban J connectivity index is 0.00000200. The van der Waals surface area contributed by atoms with E-state index in [2.05, 4.69) is 0 Å². The summed E-state index contributed by atoms with van der Waals surface area (Å²) in [6.45, 7) is 2.07. The average molecular weight is 301 g/mol. The first-order valence-corrected chi connectivity index (χ1v) is 6.44. The van der Waals surface area contributed by atoms with Crippen molar-refractivity contribution in [3.8, 4) is 0 Å². The monoisotopic (exact) mass is 300 g/mol. The van der Waals surface area contributed by atoms with Crippen LogP contribution in [0, 0.1) is 0 Å². The van der Waals surface area contributed by atoms with Crippen LogP contribution in [0.25, 0.3) is 0 Å². The van der Waals surface area contributed by atoms with E-state index in [-0.39, 0.29) is 24.4 Å². The molecule has 0 saturated carbocycles. The number of nitrogens with two attached hydrogens (primary N) is 1. The molecule has 1 amide bonds. The van der Waals surface area contributed by atoms with E-state index in [1.165, 1.54) is 0 Å². The molecule has 6 heteroatoms. The zero-order chi connectivity index (χ0) is 13.7. The Labute approximate surface area is 125 Å². The molecular weight excluding hydrogens is 280 g/mol. The SMILES string of the molecule is COC(C(=O)N1CCOC(CN)C1)c1ccccc1.Cl. The van der Waals surface area contributed by atoms with E-state index in [0.717, 1.165) is 5.56 Å². The fraction of sp³-hybridized carbons (Fsp3) is 0.500. The molecule has 1 aliphatic rings. The first-order chi connectivity index (χ1) is 9.26. The van der Waals surface area contributed by atoms with Gasteiger partial charge >= 0.3 is 0 Å².